The number of anilines is 1. The Morgan fingerprint density at radius 3 is 2.67 bits per heavy atom. The number of halogens is 1. The standard InChI is InChI=1S/C16H24N4O3.HI/c1-17-15(19-11-14-4-3-9-23-14)18-10-12-5-7-13(8-6-12)20-16(21)22-2;/h5-8,14H,3-4,9-11H2,1-2H3,(H,20,21)(H2,17,18,19);1H. The van der Waals surface area contributed by atoms with E-state index in [-0.39, 0.29) is 30.1 Å². The minimum Gasteiger partial charge on any atom is -0.453 e. The molecule has 1 saturated heterocycles. The minimum atomic E-state index is -0.477. The van der Waals surface area contributed by atoms with E-state index in [0.29, 0.717) is 12.2 Å². The van der Waals surface area contributed by atoms with Crippen molar-refractivity contribution in [2.24, 2.45) is 4.99 Å². The Balaban J connectivity index is 0.00000288. The summed E-state index contributed by atoms with van der Waals surface area (Å²) in [5, 5.41) is 9.13. The number of hydrogen-bond acceptors (Lipinski definition) is 4. The molecule has 134 valence electrons. The number of nitrogens with zero attached hydrogens (tertiary/aromatic N) is 1. The summed E-state index contributed by atoms with van der Waals surface area (Å²) in [6.07, 6.45) is 2.02. The molecule has 0 aliphatic carbocycles. The number of benzene rings is 1. The number of nitrogens with one attached hydrogen (secondary N) is 3. The molecule has 24 heavy (non-hydrogen) atoms. The van der Waals surface area contributed by atoms with Crippen LogP contribution in [0.2, 0.25) is 0 Å². The third-order valence-corrected chi connectivity index (χ3v) is 3.59. The lowest BCUT2D eigenvalue weighted by Gasteiger charge is -2.15. The van der Waals surface area contributed by atoms with Crippen molar-refractivity contribution in [1.82, 2.24) is 10.6 Å². The van der Waals surface area contributed by atoms with E-state index < -0.39 is 6.09 Å². The van der Waals surface area contributed by atoms with Crippen LogP contribution in [0.15, 0.2) is 29.3 Å². The van der Waals surface area contributed by atoms with Crippen molar-refractivity contribution in [2.45, 2.75) is 25.5 Å². The van der Waals surface area contributed by atoms with Crippen molar-refractivity contribution in [2.75, 3.05) is 32.6 Å². The lowest BCUT2D eigenvalue weighted by atomic mass is 10.2. The average molecular weight is 448 g/mol. The molecule has 1 amide bonds. The first-order valence-corrected chi connectivity index (χ1v) is 7.71. The van der Waals surface area contributed by atoms with Gasteiger partial charge in [0.1, 0.15) is 0 Å². The van der Waals surface area contributed by atoms with E-state index in [1.807, 2.05) is 24.3 Å². The Morgan fingerprint density at radius 1 is 1.33 bits per heavy atom. The van der Waals surface area contributed by atoms with Gasteiger partial charge in [-0.15, -0.1) is 24.0 Å². The molecule has 1 unspecified atom stereocenters. The molecule has 7 nitrogen and oxygen atoms in total. The number of amides is 1. The van der Waals surface area contributed by atoms with Gasteiger partial charge in [-0.25, -0.2) is 4.79 Å². The normalized spacial score (nSPS) is 16.9. The van der Waals surface area contributed by atoms with Gasteiger partial charge in [-0.1, -0.05) is 12.1 Å². The number of guanidine groups is 1. The number of carbonyl (C=O) groups excluding carboxylic acids is 1. The maximum atomic E-state index is 11.1. The first-order chi connectivity index (χ1) is 11.2. The maximum absolute atomic E-state index is 11.1. The van der Waals surface area contributed by atoms with Crippen LogP contribution in [0.3, 0.4) is 0 Å². The molecule has 1 heterocycles. The molecule has 0 saturated carbocycles. The second-order valence-electron chi connectivity index (χ2n) is 5.26. The molecule has 2 rings (SSSR count). The predicted octanol–water partition coefficient (Wildman–Crippen LogP) is 2.33. The van der Waals surface area contributed by atoms with Gasteiger partial charge in [-0.05, 0) is 30.5 Å². The highest BCUT2D eigenvalue weighted by Gasteiger charge is 2.15. The molecule has 0 radical (unpaired) electrons. The molecular formula is C16H25IN4O3. The third-order valence-electron chi connectivity index (χ3n) is 3.59. The molecule has 1 atom stereocenters. The van der Waals surface area contributed by atoms with Crippen LogP contribution in [0, 0.1) is 0 Å². The van der Waals surface area contributed by atoms with Crippen LogP contribution < -0.4 is 16.0 Å². The van der Waals surface area contributed by atoms with Crippen molar-refractivity contribution in [3.05, 3.63) is 29.8 Å². The van der Waals surface area contributed by atoms with Crippen molar-refractivity contribution in [3.63, 3.8) is 0 Å². The van der Waals surface area contributed by atoms with Crippen LogP contribution in [-0.2, 0) is 16.0 Å². The van der Waals surface area contributed by atoms with E-state index in [1.165, 1.54) is 7.11 Å². The summed E-state index contributed by atoms with van der Waals surface area (Å²) in [5.41, 5.74) is 1.78. The summed E-state index contributed by atoms with van der Waals surface area (Å²) >= 11 is 0. The lowest BCUT2D eigenvalue weighted by Crippen LogP contribution is -2.40. The highest BCUT2D eigenvalue weighted by atomic mass is 127. The number of ether oxygens (including phenoxy) is 2. The Morgan fingerprint density at radius 2 is 2.08 bits per heavy atom. The molecular weight excluding hydrogens is 423 g/mol. The van der Waals surface area contributed by atoms with E-state index in [1.54, 1.807) is 7.05 Å². The van der Waals surface area contributed by atoms with E-state index in [2.05, 4.69) is 25.7 Å². The van der Waals surface area contributed by atoms with Gasteiger partial charge in [-0.2, -0.15) is 0 Å². The first-order valence-electron chi connectivity index (χ1n) is 7.71. The Bertz CT molecular complexity index is 531. The minimum absolute atomic E-state index is 0. The summed E-state index contributed by atoms with van der Waals surface area (Å²) in [6, 6.07) is 7.53. The summed E-state index contributed by atoms with van der Waals surface area (Å²) < 4.78 is 10.1. The average Bonchev–Trinajstić information content (AvgIpc) is 3.09. The Kier molecular flexibility index (Phi) is 9.46. The smallest absolute Gasteiger partial charge is 0.411 e. The van der Waals surface area contributed by atoms with Crippen LogP contribution in [0.1, 0.15) is 18.4 Å². The van der Waals surface area contributed by atoms with E-state index in [4.69, 9.17) is 4.74 Å². The molecule has 0 spiro atoms. The molecule has 0 bridgehead atoms. The van der Waals surface area contributed by atoms with Crippen LogP contribution in [-0.4, -0.2) is 45.5 Å². The summed E-state index contributed by atoms with van der Waals surface area (Å²) in [7, 11) is 3.08. The van der Waals surface area contributed by atoms with Crippen molar-refractivity contribution in [1.29, 1.82) is 0 Å². The fourth-order valence-corrected chi connectivity index (χ4v) is 2.30. The molecule has 1 aliphatic heterocycles. The Labute approximate surface area is 159 Å². The van der Waals surface area contributed by atoms with Gasteiger partial charge in [-0.3, -0.25) is 10.3 Å². The van der Waals surface area contributed by atoms with Gasteiger partial charge in [0.25, 0.3) is 0 Å². The number of hydrogen-bond donors (Lipinski definition) is 3. The van der Waals surface area contributed by atoms with E-state index in [0.717, 1.165) is 37.5 Å². The van der Waals surface area contributed by atoms with E-state index in [9.17, 15) is 4.79 Å². The van der Waals surface area contributed by atoms with Crippen molar-refractivity contribution >= 4 is 41.7 Å². The predicted molar refractivity (Wildman–Crippen MR) is 105 cm³/mol. The molecule has 0 aromatic heterocycles. The molecule has 8 heteroatoms. The summed E-state index contributed by atoms with van der Waals surface area (Å²) in [6.45, 7) is 2.26. The van der Waals surface area contributed by atoms with Crippen LogP contribution in [0.25, 0.3) is 0 Å². The first kappa shape index (κ1) is 20.5. The zero-order valence-electron chi connectivity index (χ0n) is 14.0. The Hall–Kier alpha value is -1.55. The molecule has 1 aromatic carbocycles. The highest BCUT2D eigenvalue weighted by molar-refractivity contribution is 14.0. The van der Waals surface area contributed by atoms with Crippen LogP contribution >= 0.6 is 24.0 Å². The quantitative estimate of drug-likeness (QED) is 0.366. The second kappa shape index (κ2) is 11.1. The SMILES string of the molecule is CN=C(NCc1ccc(NC(=O)OC)cc1)NCC1CCCO1.I. The maximum Gasteiger partial charge on any atom is 0.411 e. The largest absolute Gasteiger partial charge is 0.453 e. The summed E-state index contributed by atoms with van der Waals surface area (Å²) in [4.78, 5) is 15.3. The number of carbonyl (C=O) groups is 1. The molecule has 1 aliphatic rings. The number of methoxy groups -OCH3 is 1. The molecule has 1 aromatic rings. The van der Waals surface area contributed by atoms with Gasteiger partial charge in [0.05, 0.1) is 13.2 Å². The molecule has 1 fully saturated rings. The lowest BCUT2D eigenvalue weighted by molar-refractivity contribution is 0.114. The van der Waals surface area contributed by atoms with Gasteiger partial charge >= 0.3 is 6.09 Å². The summed E-state index contributed by atoms with van der Waals surface area (Å²) in [5.74, 6) is 0.747. The molecule has 3 N–H and O–H groups in total. The van der Waals surface area contributed by atoms with Gasteiger partial charge in [0.2, 0.25) is 0 Å². The fraction of sp³-hybridized carbons (Fsp3) is 0.500. The number of rotatable bonds is 5. The highest BCUT2D eigenvalue weighted by Crippen LogP contribution is 2.11. The van der Waals surface area contributed by atoms with Crippen LogP contribution in [0.5, 0.6) is 0 Å². The van der Waals surface area contributed by atoms with E-state index >= 15 is 0 Å². The van der Waals surface area contributed by atoms with Crippen molar-refractivity contribution < 1.29 is 14.3 Å². The van der Waals surface area contributed by atoms with Gasteiger partial charge in [0.15, 0.2) is 5.96 Å². The van der Waals surface area contributed by atoms with Gasteiger partial charge < -0.3 is 20.1 Å². The van der Waals surface area contributed by atoms with Crippen LogP contribution in [0.4, 0.5) is 10.5 Å². The zero-order valence-corrected chi connectivity index (χ0v) is 16.3. The van der Waals surface area contributed by atoms with Crippen molar-refractivity contribution in [3.8, 4) is 0 Å². The third kappa shape index (κ3) is 6.91. The fourth-order valence-electron chi connectivity index (χ4n) is 2.30. The topological polar surface area (TPSA) is 84.0 Å². The number of aliphatic imine (C=N–C) groups is 1. The second-order valence-corrected chi connectivity index (χ2v) is 5.26. The zero-order chi connectivity index (χ0) is 16.5. The monoisotopic (exact) mass is 448 g/mol. The van der Waals surface area contributed by atoms with Gasteiger partial charge in [0, 0.05) is 32.4 Å².